The second kappa shape index (κ2) is 3.88. The average Bonchev–Trinajstić information content (AvgIpc) is 1.85. The third kappa shape index (κ3) is 3.03. The fourth-order valence-corrected chi connectivity index (χ4v) is 2.24. The monoisotopic (exact) mass is 166 g/mol. The third-order valence-electron chi connectivity index (χ3n) is 1.47. The fourth-order valence-electron chi connectivity index (χ4n) is 1.07. The Balaban J connectivity index is 2.71. The largest absolute Gasteiger partial charge is 0.0878 e. The van der Waals surface area contributed by atoms with E-state index in [2.05, 4.69) is 45.0 Å². The van der Waals surface area contributed by atoms with Crippen molar-refractivity contribution in [1.29, 1.82) is 0 Å². The Kier molecular flexibility index (Phi) is 3.08. The molecule has 0 saturated carbocycles. The first-order valence-electron chi connectivity index (χ1n) is 4.01. The summed E-state index contributed by atoms with van der Waals surface area (Å²) in [5.41, 5.74) is 2.16. The second-order valence-corrected chi connectivity index (χ2v) is 5.19. The zero-order valence-corrected chi connectivity index (χ0v) is 8.39. The second-order valence-electron chi connectivity index (χ2n) is 3.17. The molecule has 1 aromatic rings. The van der Waals surface area contributed by atoms with Gasteiger partial charge in [-0.1, -0.05) is 52.3 Å². The van der Waals surface area contributed by atoms with E-state index in [0.29, 0.717) is 0 Å². The molecule has 0 heterocycles. The van der Waals surface area contributed by atoms with Crippen molar-refractivity contribution in [2.24, 2.45) is 0 Å². The standard InChI is InChI=1S/C10H15P/c1-8(2)11-10-6-4-5-9(3)7-10/h4-8,11H,1-3H3. The van der Waals surface area contributed by atoms with Crippen LogP contribution in [0.3, 0.4) is 0 Å². The van der Waals surface area contributed by atoms with E-state index in [9.17, 15) is 0 Å². The van der Waals surface area contributed by atoms with Gasteiger partial charge in [0.2, 0.25) is 0 Å². The molecule has 0 bridgehead atoms. The zero-order valence-electron chi connectivity index (χ0n) is 7.39. The van der Waals surface area contributed by atoms with Crippen LogP contribution in [0.5, 0.6) is 0 Å². The van der Waals surface area contributed by atoms with Crippen molar-refractivity contribution in [1.82, 2.24) is 0 Å². The van der Waals surface area contributed by atoms with Crippen molar-refractivity contribution in [3.63, 3.8) is 0 Å². The summed E-state index contributed by atoms with van der Waals surface area (Å²) in [6.07, 6.45) is 0. The molecule has 0 aliphatic carbocycles. The van der Waals surface area contributed by atoms with Gasteiger partial charge in [0, 0.05) is 0 Å². The van der Waals surface area contributed by atoms with Gasteiger partial charge in [-0.25, -0.2) is 0 Å². The van der Waals surface area contributed by atoms with Crippen LogP contribution in [0.2, 0.25) is 0 Å². The number of aryl methyl sites for hydroxylation is 1. The van der Waals surface area contributed by atoms with Crippen LogP contribution in [-0.4, -0.2) is 5.66 Å². The normalized spacial score (nSPS) is 11.6. The van der Waals surface area contributed by atoms with E-state index in [1.165, 1.54) is 10.9 Å². The molecular weight excluding hydrogens is 151 g/mol. The quantitative estimate of drug-likeness (QED) is 0.592. The minimum absolute atomic E-state index is 0.789. The van der Waals surface area contributed by atoms with Crippen molar-refractivity contribution in [2.45, 2.75) is 26.4 Å². The lowest BCUT2D eigenvalue weighted by Crippen LogP contribution is -1.98. The summed E-state index contributed by atoms with van der Waals surface area (Å²) < 4.78 is 0. The molecule has 1 aromatic carbocycles. The van der Waals surface area contributed by atoms with Crippen LogP contribution >= 0.6 is 8.58 Å². The van der Waals surface area contributed by atoms with Gasteiger partial charge in [0.25, 0.3) is 0 Å². The smallest absolute Gasteiger partial charge is 0.0253 e. The highest BCUT2D eigenvalue weighted by Crippen LogP contribution is 2.17. The molecule has 0 radical (unpaired) electrons. The van der Waals surface area contributed by atoms with Crippen molar-refractivity contribution >= 4 is 13.9 Å². The van der Waals surface area contributed by atoms with Crippen LogP contribution in [0, 0.1) is 6.92 Å². The van der Waals surface area contributed by atoms with Gasteiger partial charge in [0.1, 0.15) is 0 Å². The lowest BCUT2D eigenvalue weighted by atomic mass is 10.2. The Morgan fingerprint density at radius 1 is 1.27 bits per heavy atom. The van der Waals surface area contributed by atoms with Gasteiger partial charge < -0.3 is 0 Å². The molecule has 0 fully saturated rings. The first kappa shape index (κ1) is 8.74. The average molecular weight is 166 g/mol. The topological polar surface area (TPSA) is 0 Å². The summed E-state index contributed by atoms with van der Waals surface area (Å²) in [5.74, 6) is 0. The van der Waals surface area contributed by atoms with E-state index >= 15 is 0 Å². The van der Waals surface area contributed by atoms with Gasteiger partial charge >= 0.3 is 0 Å². The van der Waals surface area contributed by atoms with E-state index in [-0.39, 0.29) is 0 Å². The number of rotatable bonds is 2. The summed E-state index contributed by atoms with van der Waals surface area (Å²) in [4.78, 5) is 0. The summed E-state index contributed by atoms with van der Waals surface area (Å²) in [7, 11) is 0.957. The fraction of sp³-hybridized carbons (Fsp3) is 0.400. The van der Waals surface area contributed by atoms with Crippen LogP contribution in [-0.2, 0) is 0 Å². The molecule has 0 amide bonds. The molecule has 11 heavy (non-hydrogen) atoms. The molecule has 60 valence electrons. The van der Waals surface area contributed by atoms with E-state index in [4.69, 9.17) is 0 Å². The van der Waals surface area contributed by atoms with Crippen molar-refractivity contribution in [3.8, 4) is 0 Å². The van der Waals surface area contributed by atoms with Gasteiger partial charge in [0.05, 0.1) is 0 Å². The van der Waals surface area contributed by atoms with Crippen LogP contribution in [0.15, 0.2) is 24.3 Å². The van der Waals surface area contributed by atoms with Crippen LogP contribution in [0.4, 0.5) is 0 Å². The van der Waals surface area contributed by atoms with Gasteiger partial charge in [-0.3, -0.25) is 0 Å². The van der Waals surface area contributed by atoms with Crippen LogP contribution < -0.4 is 5.30 Å². The number of benzene rings is 1. The molecule has 1 atom stereocenters. The first-order valence-corrected chi connectivity index (χ1v) is 5.09. The maximum Gasteiger partial charge on any atom is -0.0253 e. The van der Waals surface area contributed by atoms with Crippen molar-refractivity contribution in [3.05, 3.63) is 29.8 Å². The molecule has 0 nitrogen and oxygen atoms in total. The summed E-state index contributed by atoms with van der Waals surface area (Å²) in [6.45, 7) is 6.68. The Hall–Kier alpha value is -0.350. The SMILES string of the molecule is Cc1cccc(PC(C)C)c1. The molecule has 1 rings (SSSR count). The summed E-state index contributed by atoms with van der Waals surface area (Å²) in [6, 6.07) is 8.78. The predicted octanol–water partition coefficient (Wildman–Crippen LogP) is 2.71. The Morgan fingerprint density at radius 3 is 2.55 bits per heavy atom. The van der Waals surface area contributed by atoms with E-state index < -0.39 is 0 Å². The molecular formula is C10H15P. The van der Waals surface area contributed by atoms with E-state index in [0.717, 1.165) is 14.2 Å². The Bertz CT molecular complexity index is 228. The molecule has 0 saturated heterocycles. The van der Waals surface area contributed by atoms with Gasteiger partial charge in [0.15, 0.2) is 0 Å². The minimum Gasteiger partial charge on any atom is -0.0878 e. The maximum absolute atomic E-state index is 2.28. The third-order valence-corrected chi connectivity index (χ3v) is 2.70. The lowest BCUT2D eigenvalue weighted by molar-refractivity contribution is 1.11. The van der Waals surface area contributed by atoms with E-state index in [1.54, 1.807) is 0 Å². The highest BCUT2D eigenvalue weighted by atomic mass is 31.1. The van der Waals surface area contributed by atoms with Crippen molar-refractivity contribution in [2.75, 3.05) is 0 Å². The van der Waals surface area contributed by atoms with Crippen LogP contribution in [0.25, 0.3) is 0 Å². The Morgan fingerprint density at radius 2 is 2.00 bits per heavy atom. The van der Waals surface area contributed by atoms with Crippen molar-refractivity contribution < 1.29 is 0 Å². The zero-order chi connectivity index (χ0) is 8.27. The van der Waals surface area contributed by atoms with Gasteiger partial charge in [-0.15, -0.1) is 0 Å². The van der Waals surface area contributed by atoms with Gasteiger partial charge in [-0.2, -0.15) is 0 Å². The predicted molar refractivity (Wildman–Crippen MR) is 54.3 cm³/mol. The highest BCUT2D eigenvalue weighted by Gasteiger charge is 1.95. The van der Waals surface area contributed by atoms with E-state index in [1.807, 2.05) is 0 Å². The molecule has 0 N–H and O–H groups in total. The maximum atomic E-state index is 2.28. The minimum atomic E-state index is 0.789. The molecule has 0 aliphatic rings. The highest BCUT2D eigenvalue weighted by molar-refractivity contribution is 7.47. The molecule has 0 aromatic heterocycles. The molecule has 0 aliphatic heterocycles. The van der Waals surface area contributed by atoms with Gasteiger partial charge in [-0.05, 0) is 17.9 Å². The Labute approximate surface area is 70.8 Å². The molecule has 0 spiro atoms. The van der Waals surface area contributed by atoms with Crippen LogP contribution in [0.1, 0.15) is 19.4 Å². The summed E-state index contributed by atoms with van der Waals surface area (Å²) in [5, 5.41) is 1.49. The summed E-state index contributed by atoms with van der Waals surface area (Å²) >= 11 is 0. The molecule has 1 heteroatoms. The lowest BCUT2D eigenvalue weighted by Gasteiger charge is -2.04. The first-order chi connectivity index (χ1) is 5.18. The number of hydrogen-bond donors (Lipinski definition) is 0. The molecule has 1 unspecified atom stereocenters. The number of hydrogen-bond acceptors (Lipinski definition) is 0.